The van der Waals surface area contributed by atoms with Crippen molar-refractivity contribution < 1.29 is 5.11 Å². The minimum absolute atomic E-state index is 0.0938. The average Bonchev–Trinajstić information content (AvgIpc) is 2.62. The van der Waals surface area contributed by atoms with Crippen LogP contribution in [0.2, 0.25) is 0 Å². The third-order valence-corrected chi connectivity index (χ3v) is 3.39. The van der Waals surface area contributed by atoms with Crippen molar-refractivity contribution in [2.45, 2.75) is 45.1 Å². The van der Waals surface area contributed by atoms with E-state index in [-0.39, 0.29) is 5.54 Å². The number of likely N-dealkylation sites (tertiary alicyclic amines) is 1. The Kier molecular flexibility index (Phi) is 3.53. The summed E-state index contributed by atoms with van der Waals surface area (Å²) in [6, 6.07) is 0. The van der Waals surface area contributed by atoms with Crippen LogP contribution in [-0.2, 0) is 0 Å². The standard InChI is InChI=1S/C10H21NO/c1-3-10(4-2,9-12)11-7-5-6-8-11/h12H,3-9H2,1-2H3. The van der Waals surface area contributed by atoms with Gasteiger partial charge in [0.05, 0.1) is 6.61 Å². The lowest BCUT2D eigenvalue weighted by Crippen LogP contribution is -2.49. The van der Waals surface area contributed by atoms with Crippen LogP contribution in [0, 0.1) is 0 Å². The number of rotatable bonds is 4. The van der Waals surface area contributed by atoms with Crippen LogP contribution in [-0.4, -0.2) is 35.2 Å². The lowest BCUT2D eigenvalue weighted by atomic mass is 9.92. The van der Waals surface area contributed by atoms with E-state index in [1.54, 1.807) is 0 Å². The highest BCUT2D eigenvalue weighted by Crippen LogP contribution is 2.27. The predicted molar refractivity (Wildman–Crippen MR) is 51.2 cm³/mol. The van der Waals surface area contributed by atoms with Crippen LogP contribution >= 0.6 is 0 Å². The van der Waals surface area contributed by atoms with Gasteiger partial charge in [0, 0.05) is 5.54 Å². The maximum absolute atomic E-state index is 9.40. The molecule has 1 saturated heterocycles. The molecule has 1 heterocycles. The van der Waals surface area contributed by atoms with E-state index in [0.717, 1.165) is 12.8 Å². The summed E-state index contributed by atoms with van der Waals surface area (Å²) in [7, 11) is 0. The monoisotopic (exact) mass is 171 g/mol. The molecule has 0 radical (unpaired) electrons. The van der Waals surface area contributed by atoms with Crippen LogP contribution in [0.4, 0.5) is 0 Å². The Morgan fingerprint density at radius 3 is 2.00 bits per heavy atom. The quantitative estimate of drug-likeness (QED) is 0.695. The molecule has 0 unspecified atom stereocenters. The highest BCUT2D eigenvalue weighted by molar-refractivity contribution is 4.89. The second-order valence-corrected chi connectivity index (χ2v) is 3.78. The number of aliphatic hydroxyl groups excluding tert-OH is 1. The summed E-state index contributed by atoms with van der Waals surface area (Å²) >= 11 is 0. The summed E-state index contributed by atoms with van der Waals surface area (Å²) in [4.78, 5) is 2.47. The zero-order valence-electron chi connectivity index (χ0n) is 8.34. The van der Waals surface area contributed by atoms with Crippen molar-refractivity contribution in [3.05, 3.63) is 0 Å². The molecule has 2 heteroatoms. The highest BCUT2D eigenvalue weighted by atomic mass is 16.3. The first-order valence-electron chi connectivity index (χ1n) is 5.15. The first kappa shape index (κ1) is 10.0. The highest BCUT2D eigenvalue weighted by Gasteiger charge is 2.33. The molecular weight excluding hydrogens is 150 g/mol. The van der Waals surface area contributed by atoms with Gasteiger partial charge in [-0.15, -0.1) is 0 Å². The second kappa shape index (κ2) is 4.24. The van der Waals surface area contributed by atoms with Gasteiger partial charge in [-0.05, 0) is 38.8 Å². The van der Waals surface area contributed by atoms with Gasteiger partial charge >= 0.3 is 0 Å². The van der Waals surface area contributed by atoms with Crippen LogP contribution in [0.15, 0.2) is 0 Å². The Morgan fingerprint density at radius 2 is 1.67 bits per heavy atom. The first-order valence-corrected chi connectivity index (χ1v) is 5.15. The molecule has 1 fully saturated rings. The summed E-state index contributed by atoms with van der Waals surface area (Å²) in [6.07, 6.45) is 4.75. The van der Waals surface area contributed by atoms with Gasteiger partial charge in [0.1, 0.15) is 0 Å². The van der Waals surface area contributed by atoms with Crippen molar-refractivity contribution in [3.63, 3.8) is 0 Å². The number of hydrogen-bond donors (Lipinski definition) is 1. The van der Waals surface area contributed by atoms with E-state index in [1.807, 2.05) is 0 Å². The maximum atomic E-state index is 9.40. The first-order chi connectivity index (χ1) is 5.79. The van der Waals surface area contributed by atoms with Crippen molar-refractivity contribution in [3.8, 4) is 0 Å². The maximum Gasteiger partial charge on any atom is 0.0615 e. The molecular formula is C10H21NO. The molecule has 0 aliphatic carbocycles. The summed E-state index contributed by atoms with van der Waals surface area (Å²) < 4.78 is 0. The molecule has 1 rings (SSSR count). The lowest BCUT2D eigenvalue weighted by molar-refractivity contribution is 0.0402. The molecule has 12 heavy (non-hydrogen) atoms. The Labute approximate surface area is 75.6 Å². The summed E-state index contributed by atoms with van der Waals surface area (Å²) in [6.45, 7) is 7.04. The van der Waals surface area contributed by atoms with Crippen molar-refractivity contribution in [2.24, 2.45) is 0 Å². The molecule has 0 amide bonds. The van der Waals surface area contributed by atoms with E-state index in [9.17, 15) is 5.11 Å². The molecule has 72 valence electrons. The molecule has 1 aliphatic heterocycles. The Morgan fingerprint density at radius 1 is 1.17 bits per heavy atom. The fourth-order valence-electron chi connectivity index (χ4n) is 2.21. The minimum Gasteiger partial charge on any atom is -0.394 e. The Hall–Kier alpha value is -0.0800. The van der Waals surface area contributed by atoms with Crippen LogP contribution in [0.1, 0.15) is 39.5 Å². The number of hydrogen-bond acceptors (Lipinski definition) is 2. The molecule has 1 aliphatic rings. The van der Waals surface area contributed by atoms with E-state index < -0.39 is 0 Å². The van der Waals surface area contributed by atoms with Gasteiger partial charge in [-0.2, -0.15) is 0 Å². The molecule has 0 aromatic carbocycles. The van der Waals surface area contributed by atoms with Crippen molar-refractivity contribution in [1.82, 2.24) is 4.90 Å². The van der Waals surface area contributed by atoms with Gasteiger partial charge in [-0.3, -0.25) is 4.90 Å². The molecule has 0 bridgehead atoms. The zero-order valence-corrected chi connectivity index (χ0v) is 8.34. The summed E-state index contributed by atoms with van der Waals surface area (Å²) in [5.41, 5.74) is 0.0938. The van der Waals surface area contributed by atoms with Crippen molar-refractivity contribution in [1.29, 1.82) is 0 Å². The van der Waals surface area contributed by atoms with Crippen LogP contribution in [0.5, 0.6) is 0 Å². The number of aliphatic hydroxyl groups is 1. The van der Waals surface area contributed by atoms with Crippen LogP contribution in [0.3, 0.4) is 0 Å². The van der Waals surface area contributed by atoms with Crippen LogP contribution < -0.4 is 0 Å². The topological polar surface area (TPSA) is 23.5 Å². The van der Waals surface area contributed by atoms with Gasteiger partial charge in [0.25, 0.3) is 0 Å². The zero-order chi connectivity index (χ0) is 9.03. The predicted octanol–water partition coefficient (Wildman–Crippen LogP) is 1.63. The van der Waals surface area contributed by atoms with E-state index in [2.05, 4.69) is 18.7 Å². The molecule has 0 saturated carbocycles. The van der Waals surface area contributed by atoms with Crippen LogP contribution in [0.25, 0.3) is 0 Å². The van der Waals surface area contributed by atoms with Gasteiger partial charge in [0.2, 0.25) is 0 Å². The minimum atomic E-state index is 0.0938. The molecule has 0 aromatic rings. The van der Waals surface area contributed by atoms with E-state index in [4.69, 9.17) is 0 Å². The van der Waals surface area contributed by atoms with Gasteiger partial charge in [-0.1, -0.05) is 13.8 Å². The molecule has 1 N–H and O–H groups in total. The van der Waals surface area contributed by atoms with E-state index >= 15 is 0 Å². The Bertz CT molecular complexity index is 118. The molecule has 0 spiro atoms. The molecule has 2 nitrogen and oxygen atoms in total. The second-order valence-electron chi connectivity index (χ2n) is 3.78. The van der Waals surface area contributed by atoms with Gasteiger partial charge < -0.3 is 5.11 Å². The Balaban J connectivity index is 2.61. The SMILES string of the molecule is CCC(CC)(CO)N1CCCC1. The van der Waals surface area contributed by atoms with E-state index in [1.165, 1.54) is 25.9 Å². The smallest absolute Gasteiger partial charge is 0.0615 e. The summed E-state index contributed by atoms with van der Waals surface area (Å²) in [5, 5.41) is 9.40. The van der Waals surface area contributed by atoms with Gasteiger partial charge in [0.15, 0.2) is 0 Å². The van der Waals surface area contributed by atoms with Crippen molar-refractivity contribution >= 4 is 0 Å². The molecule has 0 aromatic heterocycles. The number of nitrogens with zero attached hydrogens (tertiary/aromatic N) is 1. The van der Waals surface area contributed by atoms with Crippen molar-refractivity contribution in [2.75, 3.05) is 19.7 Å². The third kappa shape index (κ3) is 1.64. The largest absolute Gasteiger partial charge is 0.394 e. The summed E-state index contributed by atoms with van der Waals surface area (Å²) in [5.74, 6) is 0. The normalized spacial score (nSPS) is 20.2. The fourth-order valence-corrected chi connectivity index (χ4v) is 2.21. The lowest BCUT2D eigenvalue weighted by Gasteiger charge is -2.39. The third-order valence-electron chi connectivity index (χ3n) is 3.39. The fraction of sp³-hybridized carbons (Fsp3) is 1.00. The average molecular weight is 171 g/mol. The molecule has 0 atom stereocenters. The van der Waals surface area contributed by atoms with Gasteiger partial charge in [-0.25, -0.2) is 0 Å². The van der Waals surface area contributed by atoms with E-state index in [0.29, 0.717) is 6.61 Å².